The standard InChI is InChI=1S/C31H37N5O4S2/c1-5-15-35(16-6-2)42(38,39)27-14-10-11-24(17-27)29-25(21-36(33-29)26-12-8-7-9-13-26)18-28-30(37)32-31(41-28)34-19-22(3)40-23(4)20-34/h7-14,17-18,21-23H,5-6,15-16,19-20H2,1-4H3/b28-18-. The smallest absolute Gasteiger partial charge is 0.286 e. The van der Waals surface area contributed by atoms with Crippen LogP contribution >= 0.6 is 11.8 Å². The van der Waals surface area contributed by atoms with E-state index in [1.54, 1.807) is 29.0 Å². The van der Waals surface area contributed by atoms with Crippen LogP contribution in [0.15, 0.2) is 75.6 Å². The largest absolute Gasteiger partial charge is 0.372 e. The highest BCUT2D eigenvalue weighted by atomic mass is 32.2. The number of para-hydroxylation sites is 1. The highest BCUT2D eigenvalue weighted by Gasteiger charge is 2.31. The molecular formula is C31H37N5O4S2. The molecule has 0 spiro atoms. The van der Waals surface area contributed by atoms with Crippen LogP contribution in [-0.2, 0) is 19.6 Å². The van der Waals surface area contributed by atoms with Gasteiger partial charge in [0, 0.05) is 43.5 Å². The van der Waals surface area contributed by atoms with Gasteiger partial charge in [0.25, 0.3) is 5.91 Å². The number of aromatic nitrogens is 2. The molecule has 0 saturated carbocycles. The van der Waals surface area contributed by atoms with Crippen molar-refractivity contribution >= 4 is 38.9 Å². The van der Waals surface area contributed by atoms with E-state index in [2.05, 4.69) is 9.89 Å². The molecule has 2 unspecified atom stereocenters. The van der Waals surface area contributed by atoms with Crippen LogP contribution in [-0.4, -0.2) is 76.9 Å². The summed E-state index contributed by atoms with van der Waals surface area (Å²) in [5, 5.41) is 5.54. The first-order valence-electron chi connectivity index (χ1n) is 14.4. The molecule has 0 N–H and O–H groups in total. The Morgan fingerprint density at radius 3 is 2.38 bits per heavy atom. The molecule has 3 aromatic rings. The van der Waals surface area contributed by atoms with Gasteiger partial charge in [0.2, 0.25) is 10.0 Å². The van der Waals surface area contributed by atoms with Crippen LogP contribution in [0.1, 0.15) is 46.1 Å². The summed E-state index contributed by atoms with van der Waals surface area (Å²) in [6.07, 6.45) is 5.23. The fraction of sp³-hybridized carbons (Fsp3) is 0.387. The zero-order valence-electron chi connectivity index (χ0n) is 24.4. The second-order valence-electron chi connectivity index (χ2n) is 10.6. The van der Waals surface area contributed by atoms with Crippen molar-refractivity contribution in [2.75, 3.05) is 26.2 Å². The summed E-state index contributed by atoms with van der Waals surface area (Å²) in [6.45, 7) is 10.2. The molecule has 3 heterocycles. The summed E-state index contributed by atoms with van der Waals surface area (Å²) in [4.78, 5) is 20.2. The number of nitrogens with zero attached hydrogens (tertiary/aromatic N) is 5. The number of ether oxygens (including phenoxy) is 1. The van der Waals surface area contributed by atoms with Gasteiger partial charge in [-0.15, -0.1) is 0 Å². The van der Waals surface area contributed by atoms with Gasteiger partial charge in [0.1, 0.15) is 5.69 Å². The summed E-state index contributed by atoms with van der Waals surface area (Å²) in [5.41, 5.74) is 2.78. The molecule has 222 valence electrons. The van der Waals surface area contributed by atoms with Crippen molar-refractivity contribution in [2.24, 2.45) is 4.99 Å². The monoisotopic (exact) mass is 607 g/mol. The summed E-state index contributed by atoms with van der Waals surface area (Å²) < 4.78 is 36.3. The first-order chi connectivity index (χ1) is 20.2. The van der Waals surface area contributed by atoms with Gasteiger partial charge in [-0.2, -0.15) is 14.4 Å². The van der Waals surface area contributed by atoms with Crippen LogP contribution < -0.4 is 0 Å². The van der Waals surface area contributed by atoms with Gasteiger partial charge < -0.3 is 9.64 Å². The molecule has 42 heavy (non-hydrogen) atoms. The number of hydrogen-bond acceptors (Lipinski definition) is 7. The van der Waals surface area contributed by atoms with Crippen molar-refractivity contribution in [3.05, 3.63) is 71.3 Å². The van der Waals surface area contributed by atoms with Crippen molar-refractivity contribution in [1.82, 2.24) is 19.0 Å². The zero-order chi connectivity index (χ0) is 29.9. The number of rotatable bonds is 9. The number of hydrogen-bond donors (Lipinski definition) is 0. The number of carbonyl (C=O) groups is 1. The van der Waals surface area contributed by atoms with Crippen molar-refractivity contribution < 1.29 is 17.9 Å². The highest BCUT2D eigenvalue weighted by Crippen LogP contribution is 2.35. The third-order valence-corrected chi connectivity index (χ3v) is 9.98. The average Bonchev–Trinajstić information content (AvgIpc) is 3.56. The molecule has 11 heteroatoms. The maximum Gasteiger partial charge on any atom is 0.286 e. The van der Waals surface area contributed by atoms with Gasteiger partial charge in [0.15, 0.2) is 5.17 Å². The number of sulfonamides is 1. The normalized spacial score (nSPS) is 20.5. The molecule has 1 amide bonds. The molecule has 1 saturated heterocycles. The van der Waals surface area contributed by atoms with Gasteiger partial charge in [-0.05, 0) is 68.8 Å². The maximum absolute atomic E-state index is 13.6. The first kappa shape index (κ1) is 30.2. The van der Waals surface area contributed by atoms with Crippen LogP contribution in [0, 0.1) is 0 Å². The van der Waals surface area contributed by atoms with Gasteiger partial charge in [-0.3, -0.25) is 4.79 Å². The molecule has 0 radical (unpaired) electrons. The maximum atomic E-state index is 13.6. The van der Waals surface area contributed by atoms with Gasteiger partial charge in [-0.1, -0.05) is 44.2 Å². The molecule has 2 aromatic carbocycles. The number of carbonyl (C=O) groups excluding carboxylic acids is 1. The molecule has 5 rings (SSSR count). The molecule has 2 atom stereocenters. The second-order valence-corrected chi connectivity index (χ2v) is 13.6. The second kappa shape index (κ2) is 12.9. The van der Waals surface area contributed by atoms with Crippen LogP contribution in [0.5, 0.6) is 0 Å². The predicted octanol–water partition coefficient (Wildman–Crippen LogP) is 5.43. The van der Waals surface area contributed by atoms with E-state index in [9.17, 15) is 13.2 Å². The van der Waals surface area contributed by atoms with E-state index in [0.29, 0.717) is 53.1 Å². The van der Waals surface area contributed by atoms with E-state index in [1.807, 2.05) is 70.3 Å². The summed E-state index contributed by atoms with van der Waals surface area (Å²) in [5.74, 6) is -0.300. The Labute approximate surface area is 252 Å². The van der Waals surface area contributed by atoms with Crippen molar-refractivity contribution in [1.29, 1.82) is 0 Å². The van der Waals surface area contributed by atoms with E-state index in [1.165, 1.54) is 16.1 Å². The van der Waals surface area contributed by atoms with E-state index in [4.69, 9.17) is 9.84 Å². The minimum absolute atomic E-state index is 0.0463. The van der Waals surface area contributed by atoms with Crippen LogP contribution in [0.4, 0.5) is 0 Å². The summed E-state index contributed by atoms with van der Waals surface area (Å²) >= 11 is 1.35. The molecule has 0 aliphatic carbocycles. The topological polar surface area (TPSA) is 97.1 Å². The fourth-order valence-electron chi connectivity index (χ4n) is 5.24. The van der Waals surface area contributed by atoms with E-state index in [-0.39, 0.29) is 23.0 Å². The Kier molecular flexibility index (Phi) is 9.32. The van der Waals surface area contributed by atoms with Gasteiger partial charge >= 0.3 is 0 Å². The van der Waals surface area contributed by atoms with Crippen LogP contribution in [0.25, 0.3) is 23.0 Å². The zero-order valence-corrected chi connectivity index (χ0v) is 26.1. The van der Waals surface area contributed by atoms with E-state index < -0.39 is 10.0 Å². The van der Waals surface area contributed by atoms with Crippen molar-refractivity contribution in [2.45, 2.75) is 57.6 Å². The van der Waals surface area contributed by atoms with Crippen LogP contribution in [0.3, 0.4) is 0 Å². The average molecular weight is 608 g/mol. The molecule has 1 fully saturated rings. The molecule has 0 bridgehead atoms. The number of benzene rings is 2. The lowest BCUT2D eigenvalue weighted by molar-refractivity contribution is -0.113. The Morgan fingerprint density at radius 2 is 1.71 bits per heavy atom. The summed E-state index contributed by atoms with van der Waals surface area (Å²) in [6, 6.07) is 16.6. The Balaban J connectivity index is 1.53. The number of morpholine rings is 1. The highest BCUT2D eigenvalue weighted by molar-refractivity contribution is 8.18. The lowest BCUT2D eigenvalue weighted by Crippen LogP contribution is -2.47. The fourth-order valence-corrected chi connectivity index (χ4v) is 7.84. The van der Waals surface area contributed by atoms with E-state index in [0.717, 1.165) is 18.5 Å². The van der Waals surface area contributed by atoms with Crippen LogP contribution in [0.2, 0.25) is 0 Å². The molecule has 9 nitrogen and oxygen atoms in total. The molecular weight excluding hydrogens is 571 g/mol. The Morgan fingerprint density at radius 1 is 1.02 bits per heavy atom. The number of amidine groups is 1. The first-order valence-corrected chi connectivity index (χ1v) is 16.6. The SMILES string of the molecule is CCCN(CCC)S(=O)(=O)c1cccc(-c2nn(-c3ccccc3)cc2/C=C2\SC(N3CC(C)OC(C)C3)=NC2=O)c1. The summed E-state index contributed by atoms with van der Waals surface area (Å²) in [7, 11) is -3.68. The minimum atomic E-state index is -3.68. The predicted molar refractivity (Wildman–Crippen MR) is 168 cm³/mol. The molecule has 2 aliphatic rings. The lowest BCUT2D eigenvalue weighted by atomic mass is 10.1. The van der Waals surface area contributed by atoms with E-state index >= 15 is 0 Å². The third-order valence-electron chi connectivity index (χ3n) is 7.04. The number of thioether (sulfide) groups is 1. The minimum Gasteiger partial charge on any atom is -0.372 e. The molecule has 2 aliphatic heterocycles. The quantitative estimate of drug-likeness (QED) is 0.299. The lowest BCUT2D eigenvalue weighted by Gasteiger charge is -2.35. The Bertz CT molecular complexity index is 1580. The van der Waals surface area contributed by atoms with Crippen molar-refractivity contribution in [3.8, 4) is 16.9 Å². The number of aliphatic imine (C=N–C) groups is 1. The van der Waals surface area contributed by atoms with Gasteiger partial charge in [0.05, 0.1) is 27.7 Å². The van der Waals surface area contributed by atoms with Gasteiger partial charge in [-0.25, -0.2) is 13.1 Å². The van der Waals surface area contributed by atoms with Crippen molar-refractivity contribution in [3.63, 3.8) is 0 Å². The Hall–Kier alpha value is -3.25. The number of amides is 1. The molecule has 1 aromatic heterocycles. The third kappa shape index (κ3) is 6.54.